The van der Waals surface area contributed by atoms with Crippen molar-refractivity contribution in [3.05, 3.63) is 65.7 Å². The molecule has 3 N–H and O–H groups in total. The van der Waals surface area contributed by atoms with Crippen LogP contribution in [0.3, 0.4) is 0 Å². The Bertz CT molecular complexity index is 793. The second-order valence-corrected chi connectivity index (χ2v) is 6.22. The largest absolute Gasteiger partial charge is 0.433 e. The Labute approximate surface area is 160 Å². The highest BCUT2D eigenvalue weighted by molar-refractivity contribution is 5.87. The van der Waals surface area contributed by atoms with Gasteiger partial charge in [-0.15, -0.1) is 0 Å². The van der Waals surface area contributed by atoms with Gasteiger partial charge in [0.25, 0.3) is 0 Å². The van der Waals surface area contributed by atoms with E-state index >= 15 is 0 Å². The number of ketones is 1. The summed E-state index contributed by atoms with van der Waals surface area (Å²) in [7, 11) is 0. The maximum Gasteiger partial charge on any atom is 0.416 e. The molecule has 0 bridgehead atoms. The number of anilines is 1. The minimum Gasteiger partial charge on any atom is -0.433 e. The molecule has 0 aliphatic carbocycles. The molecule has 0 saturated heterocycles. The van der Waals surface area contributed by atoms with Crippen LogP contribution in [0.25, 0.3) is 0 Å². The van der Waals surface area contributed by atoms with Gasteiger partial charge in [-0.05, 0) is 30.7 Å². The standard InChI is InChI=1S/C20H21F3N2O3/c1-2-15(25-16-10-8-14(9-11-16)20(21,22)23)12-17(26)18(28-19(24)27)13-6-4-3-5-7-13/h3-11,15,18,25H,2,12H2,1H3,(H2,24,27)/t15-,18?/m1/s1. The Balaban J connectivity index is 2.09. The second kappa shape index (κ2) is 9.25. The van der Waals surface area contributed by atoms with Crippen LogP contribution in [0.15, 0.2) is 54.6 Å². The van der Waals surface area contributed by atoms with Gasteiger partial charge >= 0.3 is 12.3 Å². The number of nitrogens with one attached hydrogen (secondary N) is 1. The maximum absolute atomic E-state index is 12.7. The summed E-state index contributed by atoms with van der Waals surface area (Å²) in [6.07, 6.45) is -6.07. The van der Waals surface area contributed by atoms with Crippen molar-refractivity contribution in [3.8, 4) is 0 Å². The SMILES string of the molecule is CC[C@H](CC(=O)C(OC(N)=O)c1ccccc1)Nc1ccc(C(F)(F)F)cc1. The summed E-state index contributed by atoms with van der Waals surface area (Å²) in [5.41, 5.74) is 5.29. The van der Waals surface area contributed by atoms with E-state index in [1.807, 2.05) is 6.92 Å². The molecule has 2 atom stereocenters. The highest BCUT2D eigenvalue weighted by Gasteiger charge is 2.30. The lowest BCUT2D eigenvalue weighted by molar-refractivity contribution is -0.137. The average Bonchev–Trinajstić information content (AvgIpc) is 2.65. The van der Waals surface area contributed by atoms with Gasteiger partial charge < -0.3 is 15.8 Å². The molecule has 150 valence electrons. The van der Waals surface area contributed by atoms with E-state index in [0.717, 1.165) is 12.1 Å². The number of primary amides is 1. The average molecular weight is 394 g/mol. The Morgan fingerprint density at radius 2 is 1.68 bits per heavy atom. The molecular weight excluding hydrogens is 373 g/mol. The van der Waals surface area contributed by atoms with E-state index in [9.17, 15) is 22.8 Å². The highest BCUT2D eigenvalue weighted by atomic mass is 19.4. The third-order valence-corrected chi connectivity index (χ3v) is 4.15. The molecule has 0 aliphatic heterocycles. The van der Waals surface area contributed by atoms with Gasteiger partial charge in [0, 0.05) is 23.7 Å². The van der Waals surface area contributed by atoms with E-state index in [1.54, 1.807) is 30.3 Å². The van der Waals surface area contributed by atoms with Crippen LogP contribution < -0.4 is 11.1 Å². The van der Waals surface area contributed by atoms with Gasteiger partial charge in [0.15, 0.2) is 11.9 Å². The summed E-state index contributed by atoms with van der Waals surface area (Å²) in [4.78, 5) is 23.9. The van der Waals surface area contributed by atoms with Crippen LogP contribution in [0.1, 0.15) is 37.0 Å². The van der Waals surface area contributed by atoms with Crippen molar-refractivity contribution >= 4 is 17.6 Å². The van der Waals surface area contributed by atoms with Crippen LogP contribution in [0.5, 0.6) is 0 Å². The van der Waals surface area contributed by atoms with E-state index in [2.05, 4.69) is 5.32 Å². The summed E-state index contributed by atoms with van der Waals surface area (Å²) in [6.45, 7) is 1.83. The normalized spacial score (nSPS) is 13.4. The van der Waals surface area contributed by atoms with Crippen molar-refractivity contribution in [3.63, 3.8) is 0 Å². The van der Waals surface area contributed by atoms with Crippen LogP contribution in [0.4, 0.5) is 23.7 Å². The minimum absolute atomic E-state index is 0.00433. The Morgan fingerprint density at radius 3 is 2.18 bits per heavy atom. The minimum atomic E-state index is -4.41. The van der Waals surface area contributed by atoms with Crippen LogP contribution in [0.2, 0.25) is 0 Å². The van der Waals surface area contributed by atoms with Crippen molar-refractivity contribution in [2.75, 3.05) is 5.32 Å². The van der Waals surface area contributed by atoms with Crippen molar-refractivity contribution in [2.24, 2.45) is 5.73 Å². The van der Waals surface area contributed by atoms with Gasteiger partial charge in [-0.25, -0.2) is 4.79 Å². The number of alkyl halides is 3. The number of carbonyl (C=O) groups excluding carboxylic acids is 2. The van der Waals surface area contributed by atoms with Crippen LogP contribution >= 0.6 is 0 Å². The fourth-order valence-electron chi connectivity index (χ4n) is 2.70. The summed E-state index contributed by atoms with van der Waals surface area (Å²) in [5, 5.41) is 3.04. The first-order valence-electron chi connectivity index (χ1n) is 8.68. The lowest BCUT2D eigenvalue weighted by Crippen LogP contribution is -2.29. The molecule has 0 saturated carbocycles. The predicted molar refractivity (Wildman–Crippen MR) is 98.6 cm³/mol. The van der Waals surface area contributed by atoms with Crippen molar-refractivity contribution < 1.29 is 27.5 Å². The van der Waals surface area contributed by atoms with Gasteiger partial charge in [0.1, 0.15) is 0 Å². The lowest BCUT2D eigenvalue weighted by Gasteiger charge is -2.21. The molecule has 0 aromatic heterocycles. The summed E-state index contributed by atoms with van der Waals surface area (Å²) >= 11 is 0. The predicted octanol–water partition coefficient (Wildman–Crippen LogP) is 4.69. The summed E-state index contributed by atoms with van der Waals surface area (Å²) in [5.74, 6) is -0.365. The molecule has 1 amide bonds. The van der Waals surface area contributed by atoms with Crippen LogP contribution in [0, 0.1) is 0 Å². The number of hydrogen-bond acceptors (Lipinski definition) is 4. The first-order valence-corrected chi connectivity index (χ1v) is 8.68. The molecule has 2 aromatic carbocycles. The molecular formula is C20H21F3N2O3. The number of carbonyl (C=O) groups is 2. The Morgan fingerprint density at radius 1 is 1.07 bits per heavy atom. The molecule has 0 fully saturated rings. The van der Waals surface area contributed by atoms with Crippen LogP contribution in [-0.2, 0) is 15.7 Å². The molecule has 5 nitrogen and oxygen atoms in total. The van der Waals surface area contributed by atoms with E-state index < -0.39 is 23.9 Å². The van der Waals surface area contributed by atoms with Crippen molar-refractivity contribution in [1.82, 2.24) is 0 Å². The quantitative estimate of drug-likeness (QED) is 0.680. The molecule has 2 rings (SSSR count). The zero-order valence-corrected chi connectivity index (χ0v) is 15.2. The highest BCUT2D eigenvalue weighted by Crippen LogP contribution is 2.30. The number of halogens is 3. The number of amides is 1. The number of benzene rings is 2. The third-order valence-electron chi connectivity index (χ3n) is 4.15. The topological polar surface area (TPSA) is 81.4 Å². The first-order chi connectivity index (χ1) is 13.2. The first kappa shape index (κ1) is 21.3. The van der Waals surface area contributed by atoms with Gasteiger partial charge in [0.2, 0.25) is 0 Å². The number of nitrogens with two attached hydrogens (primary N) is 1. The molecule has 2 aromatic rings. The fourth-order valence-corrected chi connectivity index (χ4v) is 2.70. The van der Waals surface area contributed by atoms with Gasteiger partial charge in [0.05, 0.1) is 5.56 Å². The Kier molecular flexibility index (Phi) is 7.03. The van der Waals surface area contributed by atoms with E-state index in [-0.39, 0.29) is 18.2 Å². The number of hydrogen-bond donors (Lipinski definition) is 2. The zero-order chi connectivity index (χ0) is 20.7. The zero-order valence-electron chi connectivity index (χ0n) is 15.2. The smallest absolute Gasteiger partial charge is 0.416 e. The van der Waals surface area contributed by atoms with E-state index in [1.165, 1.54) is 12.1 Å². The van der Waals surface area contributed by atoms with Gasteiger partial charge in [-0.3, -0.25) is 4.79 Å². The number of rotatable bonds is 8. The monoisotopic (exact) mass is 394 g/mol. The van der Waals surface area contributed by atoms with Crippen molar-refractivity contribution in [1.29, 1.82) is 0 Å². The number of ether oxygens (including phenoxy) is 1. The van der Waals surface area contributed by atoms with E-state index in [0.29, 0.717) is 17.7 Å². The summed E-state index contributed by atoms with van der Waals surface area (Å²) < 4.78 is 43.0. The second-order valence-electron chi connectivity index (χ2n) is 6.22. The van der Waals surface area contributed by atoms with Gasteiger partial charge in [-0.1, -0.05) is 37.3 Å². The molecule has 0 radical (unpaired) electrons. The van der Waals surface area contributed by atoms with E-state index in [4.69, 9.17) is 10.5 Å². The Hall–Kier alpha value is -3.03. The number of Topliss-reactive ketones (excluding diaryl/α,β-unsaturated/α-hetero) is 1. The van der Waals surface area contributed by atoms with Crippen LogP contribution in [-0.4, -0.2) is 17.9 Å². The molecule has 0 aliphatic rings. The fraction of sp³-hybridized carbons (Fsp3) is 0.300. The van der Waals surface area contributed by atoms with Crippen molar-refractivity contribution in [2.45, 2.75) is 38.1 Å². The van der Waals surface area contributed by atoms with Gasteiger partial charge in [-0.2, -0.15) is 13.2 Å². The lowest BCUT2D eigenvalue weighted by atomic mass is 9.98. The molecule has 1 unspecified atom stereocenters. The third kappa shape index (κ3) is 6.00. The molecule has 0 heterocycles. The maximum atomic E-state index is 12.7. The molecule has 28 heavy (non-hydrogen) atoms. The molecule has 8 heteroatoms. The summed E-state index contributed by atoms with van der Waals surface area (Å²) in [6, 6.07) is 12.7. The molecule has 0 spiro atoms.